The molecule has 1 aromatic carbocycles. The lowest BCUT2D eigenvalue weighted by Gasteiger charge is -2.34. The fraction of sp³-hybridized carbons (Fsp3) is 0.273. The Morgan fingerprint density at radius 1 is 1.07 bits per heavy atom. The first-order valence-electron chi connectivity index (χ1n) is 9.91. The summed E-state index contributed by atoms with van der Waals surface area (Å²) in [5.41, 5.74) is 4.06. The summed E-state index contributed by atoms with van der Waals surface area (Å²) in [6.07, 6.45) is 2.23. The zero-order valence-electron chi connectivity index (χ0n) is 16.6. The molecule has 8 heteroatoms. The summed E-state index contributed by atoms with van der Waals surface area (Å²) in [6.45, 7) is 5.05. The SMILES string of the molecule is Cc1nc(-c2ccc(CC(=O)N3CCN(c4nc5cccnc5s4)CC3)cc2)cs1. The highest BCUT2D eigenvalue weighted by atomic mass is 32.1. The van der Waals surface area contributed by atoms with Crippen LogP contribution in [-0.4, -0.2) is 51.9 Å². The number of carbonyl (C=O) groups excluding carboxylic acids is 1. The van der Waals surface area contributed by atoms with Gasteiger partial charge in [-0.3, -0.25) is 4.79 Å². The average Bonchev–Trinajstić information content (AvgIpc) is 3.40. The van der Waals surface area contributed by atoms with E-state index < -0.39 is 0 Å². The second-order valence-corrected chi connectivity index (χ2v) is 9.34. The first kappa shape index (κ1) is 19.1. The summed E-state index contributed by atoms with van der Waals surface area (Å²) in [5.74, 6) is 0.179. The first-order chi connectivity index (χ1) is 14.7. The van der Waals surface area contributed by atoms with Gasteiger partial charge in [0.15, 0.2) is 5.13 Å². The number of carbonyl (C=O) groups is 1. The van der Waals surface area contributed by atoms with Crippen LogP contribution in [0.1, 0.15) is 10.6 Å². The molecule has 1 aliphatic rings. The minimum atomic E-state index is 0.179. The molecule has 3 aromatic heterocycles. The molecule has 0 spiro atoms. The van der Waals surface area contributed by atoms with E-state index in [1.165, 1.54) is 0 Å². The molecule has 0 aliphatic carbocycles. The number of rotatable bonds is 4. The van der Waals surface area contributed by atoms with Crippen molar-refractivity contribution in [2.75, 3.05) is 31.1 Å². The quantitative estimate of drug-likeness (QED) is 0.485. The van der Waals surface area contributed by atoms with Gasteiger partial charge in [-0.1, -0.05) is 35.6 Å². The largest absolute Gasteiger partial charge is 0.344 e. The highest BCUT2D eigenvalue weighted by molar-refractivity contribution is 7.21. The number of piperazine rings is 1. The third-order valence-corrected chi connectivity index (χ3v) is 7.10. The Morgan fingerprint density at radius 3 is 2.57 bits per heavy atom. The number of hydrogen-bond donors (Lipinski definition) is 0. The van der Waals surface area contributed by atoms with Crippen LogP contribution in [0, 0.1) is 6.92 Å². The lowest BCUT2D eigenvalue weighted by Crippen LogP contribution is -2.49. The summed E-state index contributed by atoms with van der Waals surface area (Å²) in [5, 5.41) is 4.12. The highest BCUT2D eigenvalue weighted by Gasteiger charge is 2.23. The molecule has 1 aliphatic heterocycles. The fourth-order valence-electron chi connectivity index (χ4n) is 3.62. The zero-order chi connectivity index (χ0) is 20.5. The van der Waals surface area contributed by atoms with Crippen LogP contribution >= 0.6 is 22.7 Å². The molecular weight excluding hydrogens is 414 g/mol. The van der Waals surface area contributed by atoms with Crippen LogP contribution in [0.4, 0.5) is 5.13 Å². The van der Waals surface area contributed by atoms with E-state index >= 15 is 0 Å². The van der Waals surface area contributed by atoms with Crippen LogP contribution in [0.2, 0.25) is 0 Å². The number of thiazole rings is 2. The van der Waals surface area contributed by atoms with Gasteiger partial charge in [-0.25, -0.2) is 15.0 Å². The lowest BCUT2D eigenvalue weighted by atomic mass is 10.1. The van der Waals surface area contributed by atoms with E-state index in [1.807, 2.05) is 36.1 Å². The molecule has 6 nitrogen and oxygen atoms in total. The number of nitrogens with zero attached hydrogens (tertiary/aromatic N) is 5. The Kier molecular flexibility index (Phi) is 5.18. The predicted molar refractivity (Wildman–Crippen MR) is 122 cm³/mol. The van der Waals surface area contributed by atoms with Crippen molar-refractivity contribution >= 4 is 44.1 Å². The number of pyridine rings is 1. The monoisotopic (exact) mass is 435 g/mol. The van der Waals surface area contributed by atoms with E-state index in [0.29, 0.717) is 6.42 Å². The van der Waals surface area contributed by atoms with Gasteiger partial charge in [0.05, 0.1) is 17.1 Å². The highest BCUT2D eigenvalue weighted by Crippen LogP contribution is 2.28. The number of fused-ring (bicyclic) bond motifs is 1. The minimum absolute atomic E-state index is 0.179. The topological polar surface area (TPSA) is 62.2 Å². The summed E-state index contributed by atoms with van der Waals surface area (Å²) >= 11 is 3.26. The molecule has 0 radical (unpaired) electrons. The van der Waals surface area contributed by atoms with Gasteiger partial charge in [-0.15, -0.1) is 11.3 Å². The van der Waals surface area contributed by atoms with Crippen molar-refractivity contribution in [3.63, 3.8) is 0 Å². The van der Waals surface area contributed by atoms with Gasteiger partial charge >= 0.3 is 0 Å². The van der Waals surface area contributed by atoms with Crippen LogP contribution in [0.15, 0.2) is 48.0 Å². The van der Waals surface area contributed by atoms with Crippen LogP contribution < -0.4 is 4.90 Å². The Labute approximate surface area is 182 Å². The Balaban J connectivity index is 1.18. The van der Waals surface area contributed by atoms with Crippen LogP contribution in [-0.2, 0) is 11.2 Å². The number of aryl methyl sites for hydroxylation is 1. The van der Waals surface area contributed by atoms with Crippen molar-refractivity contribution in [3.05, 3.63) is 58.5 Å². The first-order valence-corrected chi connectivity index (χ1v) is 11.6. The average molecular weight is 436 g/mol. The molecule has 0 N–H and O–H groups in total. The molecule has 1 saturated heterocycles. The standard InChI is InChI=1S/C22H21N5OS2/c1-15-24-19(14-29-15)17-6-4-16(5-7-17)13-20(28)26-9-11-27(12-10-26)22-25-18-3-2-8-23-21(18)30-22/h2-8,14H,9-13H2,1H3. The Morgan fingerprint density at radius 2 is 1.87 bits per heavy atom. The van der Waals surface area contributed by atoms with Gasteiger partial charge in [-0.05, 0) is 24.6 Å². The molecule has 0 atom stereocenters. The molecule has 5 rings (SSSR count). The summed E-state index contributed by atoms with van der Waals surface area (Å²) in [6, 6.07) is 12.1. The molecule has 152 valence electrons. The number of benzene rings is 1. The van der Waals surface area contributed by atoms with E-state index in [2.05, 4.69) is 37.4 Å². The fourth-order valence-corrected chi connectivity index (χ4v) is 5.20. The van der Waals surface area contributed by atoms with Crippen LogP contribution in [0.25, 0.3) is 21.6 Å². The van der Waals surface area contributed by atoms with Crippen molar-refractivity contribution in [1.29, 1.82) is 0 Å². The van der Waals surface area contributed by atoms with Crippen molar-refractivity contribution in [2.45, 2.75) is 13.3 Å². The molecule has 4 aromatic rings. The van der Waals surface area contributed by atoms with Gasteiger partial charge in [0, 0.05) is 43.3 Å². The second-order valence-electron chi connectivity index (χ2n) is 7.32. The normalized spacial score (nSPS) is 14.4. The molecule has 0 unspecified atom stereocenters. The molecule has 1 fully saturated rings. The van der Waals surface area contributed by atoms with Crippen LogP contribution in [0.3, 0.4) is 0 Å². The smallest absolute Gasteiger partial charge is 0.227 e. The maximum atomic E-state index is 12.8. The zero-order valence-corrected chi connectivity index (χ0v) is 18.2. The van der Waals surface area contributed by atoms with E-state index in [4.69, 9.17) is 0 Å². The second kappa shape index (κ2) is 8.12. The van der Waals surface area contributed by atoms with E-state index in [0.717, 1.165) is 63.5 Å². The number of hydrogen-bond acceptors (Lipinski definition) is 7. The van der Waals surface area contributed by atoms with E-state index in [-0.39, 0.29) is 5.91 Å². The number of anilines is 1. The van der Waals surface area contributed by atoms with E-state index in [1.54, 1.807) is 28.9 Å². The number of amides is 1. The Hall–Kier alpha value is -2.84. The van der Waals surface area contributed by atoms with Gasteiger partial charge < -0.3 is 9.80 Å². The molecule has 4 heterocycles. The van der Waals surface area contributed by atoms with Crippen LogP contribution in [0.5, 0.6) is 0 Å². The molecule has 0 saturated carbocycles. The molecule has 0 bridgehead atoms. The predicted octanol–water partition coefficient (Wildman–Crippen LogP) is 4.01. The van der Waals surface area contributed by atoms with Crippen molar-refractivity contribution in [3.8, 4) is 11.3 Å². The molecule has 1 amide bonds. The van der Waals surface area contributed by atoms with Gasteiger partial charge in [-0.2, -0.15) is 0 Å². The minimum Gasteiger partial charge on any atom is -0.344 e. The maximum Gasteiger partial charge on any atom is 0.227 e. The molecule has 30 heavy (non-hydrogen) atoms. The van der Waals surface area contributed by atoms with Gasteiger partial charge in [0.1, 0.15) is 10.3 Å². The number of aromatic nitrogens is 3. The summed E-state index contributed by atoms with van der Waals surface area (Å²) < 4.78 is 0. The third kappa shape index (κ3) is 3.93. The van der Waals surface area contributed by atoms with E-state index in [9.17, 15) is 4.79 Å². The summed E-state index contributed by atoms with van der Waals surface area (Å²) in [7, 11) is 0. The third-order valence-electron chi connectivity index (χ3n) is 5.28. The Bertz CT molecular complexity index is 1140. The van der Waals surface area contributed by atoms with Gasteiger partial charge in [0.2, 0.25) is 5.91 Å². The van der Waals surface area contributed by atoms with Gasteiger partial charge in [0.25, 0.3) is 0 Å². The summed E-state index contributed by atoms with van der Waals surface area (Å²) in [4.78, 5) is 31.5. The van der Waals surface area contributed by atoms with Crippen molar-refractivity contribution < 1.29 is 4.79 Å². The van der Waals surface area contributed by atoms with Crippen molar-refractivity contribution in [2.24, 2.45) is 0 Å². The molecular formula is C22H21N5OS2. The maximum absolute atomic E-state index is 12.8. The van der Waals surface area contributed by atoms with Crippen molar-refractivity contribution in [1.82, 2.24) is 19.9 Å². The lowest BCUT2D eigenvalue weighted by molar-refractivity contribution is -0.130.